The van der Waals surface area contributed by atoms with Gasteiger partial charge in [-0.15, -0.1) is 0 Å². The first-order valence-electron chi connectivity index (χ1n) is 5.94. The van der Waals surface area contributed by atoms with Crippen LogP contribution in [0.5, 0.6) is 0 Å². The van der Waals surface area contributed by atoms with Crippen LogP contribution in [-0.2, 0) is 0 Å². The first-order chi connectivity index (χ1) is 7.12. The predicted molar refractivity (Wildman–Crippen MR) is 58.9 cm³/mol. The fourth-order valence-electron chi connectivity index (χ4n) is 2.61. The lowest BCUT2D eigenvalue weighted by molar-refractivity contribution is -0.181. The SMILES string of the molecule is CC(C)(C)C1CCC(N)C(C(F)(F)F)CC1. The average Bonchev–Trinajstić information content (AvgIpc) is 2.23. The summed E-state index contributed by atoms with van der Waals surface area (Å²) >= 11 is 0. The molecule has 0 aromatic rings. The van der Waals surface area contributed by atoms with Crippen LogP contribution in [0.4, 0.5) is 13.2 Å². The quantitative estimate of drug-likeness (QED) is 0.638. The minimum Gasteiger partial charge on any atom is -0.327 e. The normalized spacial score (nSPS) is 33.6. The molecule has 0 heterocycles. The fourth-order valence-corrected chi connectivity index (χ4v) is 2.61. The van der Waals surface area contributed by atoms with Gasteiger partial charge in [0.25, 0.3) is 0 Å². The molecule has 2 N–H and O–H groups in total. The lowest BCUT2D eigenvalue weighted by atomic mass is 9.76. The molecule has 0 amide bonds. The van der Waals surface area contributed by atoms with Gasteiger partial charge < -0.3 is 5.73 Å². The van der Waals surface area contributed by atoms with Gasteiger partial charge in [-0.3, -0.25) is 0 Å². The Hall–Kier alpha value is -0.250. The van der Waals surface area contributed by atoms with E-state index in [1.807, 2.05) is 0 Å². The van der Waals surface area contributed by atoms with Crippen molar-refractivity contribution < 1.29 is 13.2 Å². The van der Waals surface area contributed by atoms with E-state index in [4.69, 9.17) is 5.73 Å². The number of alkyl halides is 3. The molecule has 1 aliphatic rings. The summed E-state index contributed by atoms with van der Waals surface area (Å²) in [6.07, 6.45) is -2.00. The van der Waals surface area contributed by atoms with Gasteiger partial charge in [0.1, 0.15) is 0 Å². The van der Waals surface area contributed by atoms with Crippen LogP contribution in [0.2, 0.25) is 0 Å². The number of hydrogen-bond donors (Lipinski definition) is 1. The second-order valence-electron chi connectivity index (χ2n) is 6.03. The molecular weight excluding hydrogens is 215 g/mol. The average molecular weight is 237 g/mol. The van der Waals surface area contributed by atoms with Gasteiger partial charge in [-0.1, -0.05) is 20.8 Å². The fraction of sp³-hybridized carbons (Fsp3) is 1.00. The summed E-state index contributed by atoms with van der Waals surface area (Å²) in [5.74, 6) is -0.953. The molecule has 4 heteroatoms. The molecule has 3 atom stereocenters. The Balaban J connectivity index is 2.70. The van der Waals surface area contributed by atoms with Crippen molar-refractivity contribution in [1.82, 2.24) is 0 Å². The highest BCUT2D eigenvalue weighted by molar-refractivity contribution is 4.87. The number of nitrogens with two attached hydrogens (primary N) is 1. The molecule has 0 saturated heterocycles. The lowest BCUT2D eigenvalue weighted by Crippen LogP contribution is -2.38. The van der Waals surface area contributed by atoms with Gasteiger partial charge in [0.15, 0.2) is 0 Å². The van der Waals surface area contributed by atoms with Crippen molar-refractivity contribution in [3.8, 4) is 0 Å². The van der Waals surface area contributed by atoms with Crippen molar-refractivity contribution in [3.05, 3.63) is 0 Å². The molecule has 0 aromatic carbocycles. The summed E-state index contributed by atoms with van der Waals surface area (Å²) in [4.78, 5) is 0. The molecule has 16 heavy (non-hydrogen) atoms. The second-order valence-corrected chi connectivity index (χ2v) is 6.03. The van der Waals surface area contributed by atoms with Gasteiger partial charge in [0.05, 0.1) is 5.92 Å². The Morgan fingerprint density at radius 1 is 0.938 bits per heavy atom. The van der Waals surface area contributed by atoms with E-state index in [0.717, 1.165) is 6.42 Å². The van der Waals surface area contributed by atoms with Crippen LogP contribution in [0.3, 0.4) is 0 Å². The maximum absolute atomic E-state index is 12.7. The zero-order valence-electron chi connectivity index (χ0n) is 10.3. The molecule has 3 unspecified atom stereocenters. The highest BCUT2D eigenvalue weighted by atomic mass is 19.4. The van der Waals surface area contributed by atoms with Crippen LogP contribution in [0.1, 0.15) is 46.5 Å². The van der Waals surface area contributed by atoms with Gasteiger partial charge in [0, 0.05) is 6.04 Å². The zero-order chi connectivity index (χ0) is 12.6. The summed E-state index contributed by atoms with van der Waals surface area (Å²) in [6.45, 7) is 6.28. The Bertz CT molecular complexity index is 229. The third-order valence-electron chi connectivity index (χ3n) is 3.84. The van der Waals surface area contributed by atoms with E-state index >= 15 is 0 Å². The third kappa shape index (κ3) is 3.37. The van der Waals surface area contributed by atoms with Crippen LogP contribution in [0.15, 0.2) is 0 Å². The van der Waals surface area contributed by atoms with Crippen molar-refractivity contribution >= 4 is 0 Å². The molecule has 0 aliphatic heterocycles. The first kappa shape index (κ1) is 13.8. The van der Waals surface area contributed by atoms with E-state index in [2.05, 4.69) is 20.8 Å². The van der Waals surface area contributed by atoms with E-state index in [0.29, 0.717) is 18.8 Å². The summed E-state index contributed by atoms with van der Waals surface area (Å²) in [6, 6.07) is -0.715. The molecule has 1 nitrogen and oxygen atoms in total. The standard InChI is InChI=1S/C12H22F3N/c1-11(2,3)8-4-6-9(12(13,14)15)10(16)7-5-8/h8-10H,4-7,16H2,1-3H3. The van der Waals surface area contributed by atoms with Gasteiger partial charge in [0.2, 0.25) is 0 Å². The molecule has 1 aliphatic carbocycles. The highest BCUT2D eigenvalue weighted by Gasteiger charge is 2.45. The van der Waals surface area contributed by atoms with Crippen LogP contribution < -0.4 is 5.73 Å². The van der Waals surface area contributed by atoms with E-state index in [-0.39, 0.29) is 11.8 Å². The zero-order valence-corrected chi connectivity index (χ0v) is 10.3. The minimum atomic E-state index is -4.13. The Morgan fingerprint density at radius 3 is 1.88 bits per heavy atom. The molecule has 1 fully saturated rings. The van der Waals surface area contributed by atoms with Gasteiger partial charge in [-0.25, -0.2) is 0 Å². The summed E-state index contributed by atoms with van der Waals surface area (Å²) in [5, 5.41) is 0. The molecule has 0 aromatic heterocycles. The van der Waals surface area contributed by atoms with Crippen LogP contribution >= 0.6 is 0 Å². The predicted octanol–water partition coefficient (Wildman–Crippen LogP) is 3.73. The lowest BCUT2D eigenvalue weighted by Gasteiger charge is -2.29. The number of hydrogen-bond acceptors (Lipinski definition) is 1. The maximum Gasteiger partial charge on any atom is 0.393 e. The second kappa shape index (κ2) is 4.55. The van der Waals surface area contributed by atoms with Crippen LogP contribution in [0.25, 0.3) is 0 Å². The molecule has 1 saturated carbocycles. The Morgan fingerprint density at radius 2 is 1.44 bits per heavy atom. The summed E-state index contributed by atoms with van der Waals surface area (Å²) < 4.78 is 38.1. The van der Waals surface area contributed by atoms with Gasteiger partial charge in [-0.05, 0) is 37.0 Å². The van der Waals surface area contributed by atoms with Crippen LogP contribution in [-0.4, -0.2) is 12.2 Å². The van der Waals surface area contributed by atoms with Crippen LogP contribution in [0, 0.1) is 17.3 Å². The molecule has 96 valence electrons. The van der Waals surface area contributed by atoms with Crippen molar-refractivity contribution in [2.45, 2.75) is 58.7 Å². The maximum atomic E-state index is 12.7. The Labute approximate surface area is 95.6 Å². The Kier molecular flexibility index (Phi) is 3.93. The molecule has 0 radical (unpaired) electrons. The summed E-state index contributed by atoms with van der Waals surface area (Å²) in [5.41, 5.74) is 5.73. The highest BCUT2D eigenvalue weighted by Crippen LogP contribution is 2.42. The number of rotatable bonds is 0. The topological polar surface area (TPSA) is 26.0 Å². The first-order valence-corrected chi connectivity index (χ1v) is 5.94. The molecule has 0 bridgehead atoms. The number of halogens is 3. The molecule has 0 spiro atoms. The van der Waals surface area contributed by atoms with E-state index < -0.39 is 18.1 Å². The van der Waals surface area contributed by atoms with Crippen molar-refractivity contribution in [3.63, 3.8) is 0 Å². The van der Waals surface area contributed by atoms with Crippen molar-refractivity contribution in [2.24, 2.45) is 23.0 Å². The van der Waals surface area contributed by atoms with E-state index in [9.17, 15) is 13.2 Å². The van der Waals surface area contributed by atoms with Gasteiger partial charge in [-0.2, -0.15) is 13.2 Å². The summed E-state index contributed by atoms with van der Waals surface area (Å²) in [7, 11) is 0. The molecular formula is C12H22F3N. The van der Waals surface area contributed by atoms with E-state index in [1.54, 1.807) is 0 Å². The smallest absolute Gasteiger partial charge is 0.327 e. The minimum absolute atomic E-state index is 0.0835. The van der Waals surface area contributed by atoms with Crippen molar-refractivity contribution in [1.29, 1.82) is 0 Å². The monoisotopic (exact) mass is 237 g/mol. The molecule has 1 rings (SSSR count). The van der Waals surface area contributed by atoms with Crippen molar-refractivity contribution in [2.75, 3.05) is 0 Å². The van der Waals surface area contributed by atoms with E-state index in [1.165, 1.54) is 0 Å². The van der Waals surface area contributed by atoms with Gasteiger partial charge >= 0.3 is 6.18 Å². The largest absolute Gasteiger partial charge is 0.393 e. The third-order valence-corrected chi connectivity index (χ3v) is 3.84.